The summed E-state index contributed by atoms with van der Waals surface area (Å²) in [5, 5.41) is 2.47. The number of ketones is 1. The quantitative estimate of drug-likeness (QED) is 0.170. The molecular formula is C50H50N2O2. The lowest BCUT2D eigenvalue weighted by molar-refractivity contribution is 0.101. The minimum atomic E-state index is -0.786. The normalized spacial score (nSPS) is 26.5. The Bertz CT molecular complexity index is 2330. The molecule has 5 aromatic rings. The summed E-state index contributed by atoms with van der Waals surface area (Å²) in [6, 6.07) is 34.0. The minimum Gasteiger partial charge on any atom is -0.472 e. The van der Waals surface area contributed by atoms with Crippen molar-refractivity contribution in [3.8, 4) is 16.9 Å². The Morgan fingerprint density at radius 1 is 0.722 bits per heavy atom. The van der Waals surface area contributed by atoms with Crippen LogP contribution in [-0.2, 0) is 11.0 Å². The first kappa shape index (κ1) is 32.6. The number of ether oxygens (including phenoxy) is 1. The zero-order chi connectivity index (χ0) is 36.0. The van der Waals surface area contributed by atoms with Crippen LogP contribution in [0.5, 0.6) is 5.75 Å². The molecule has 4 atom stereocenters. The molecule has 1 spiro atoms. The highest BCUT2D eigenvalue weighted by atomic mass is 16.5. The number of fused-ring (bicyclic) bond motifs is 13. The van der Waals surface area contributed by atoms with E-state index in [0.717, 1.165) is 61.0 Å². The first-order valence-corrected chi connectivity index (χ1v) is 20.9. The SMILES string of the molecule is CC(=O)c1ccc2c(c1)C1(CC3CCC1C3)c1c3c(c4cc(N5CCCCC5)ccc4c1-2)OC(c1ccccc1)(c1ccc(N2CCCCC2)cc1)C=C3. The van der Waals surface area contributed by atoms with Crippen molar-refractivity contribution in [1.82, 2.24) is 0 Å². The van der Waals surface area contributed by atoms with Gasteiger partial charge in [-0.25, -0.2) is 0 Å². The molecule has 4 unspecified atom stereocenters. The third kappa shape index (κ3) is 4.71. The largest absolute Gasteiger partial charge is 0.472 e. The van der Waals surface area contributed by atoms with Crippen molar-refractivity contribution in [3.05, 3.63) is 130 Å². The summed E-state index contributed by atoms with van der Waals surface area (Å²) in [5.41, 5.74) is 11.6. The van der Waals surface area contributed by atoms with Crippen LogP contribution in [0, 0.1) is 11.8 Å². The maximum atomic E-state index is 12.9. The van der Waals surface area contributed by atoms with Crippen molar-refractivity contribution in [2.75, 3.05) is 36.0 Å². The number of hydrogen-bond donors (Lipinski definition) is 0. The van der Waals surface area contributed by atoms with Gasteiger partial charge in [-0.2, -0.15) is 0 Å². The molecule has 0 aromatic heterocycles. The lowest BCUT2D eigenvalue weighted by Crippen LogP contribution is -2.37. The van der Waals surface area contributed by atoms with Gasteiger partial charge in [0.2, 0.25) is 0 Å². The van der Waals surface area contributed by atoms with Crippen LogP contribution in [-0.4, -0.2) is 32.0 Å². The Kier molecular flexibility index (Phi) is 7.45. The summed E-state index contributed by atoms with van der Waals surface area (Å²) in [6.07, 6.45) is 17.4. The average Bonchev–Trinajstić information content (AvgIpc) is 3.94. The summed E-state index contributed by atoms with van der Waals surface area (Å²) >= 11 is 0. The van der Waals surface area contributed by atoms with Crippen LogP contribution in [0.15, 0.2) is 97.1 Å². The Morgan fingerprint density at radius 2 is 1.43 bits per heavy atom. The maximum Gasteiger partial charge on any atom is 0.178 e. The predicted octanol–water partition coefficient (Wildman–Crippen LogP) is 11.5. The summed E-state index contributed by atoms with van der Waals surface area (Å²) in [4.78, 5) is 18.0. The Labute approximate surface area is 319 Å². The fourth-order valence-corrected chi connectivity index (χ4v) is 11.9. The lowest BCUT2D eigenvalue weighted by Gasteiger charge is -2.41. The predicted molar refractivity (Wildman–Crippen MR) is 221 cm³/mol. The van der Waals surface area contributed by atoms with Crippen LogP contribution in [0.2, 0.25) is 0 Å². The average molecular weight is 711 g/mol. The first-order chi connectivity index (χ1) is 26.5. The van der Waals surface area contributed by atoms with E-state index in [1.807, 2.05) is 0 Å². The van der Waals surface area contributed by atoms with Crippen molar-refractivity contribution in [3.63, 3.8) is 0 Å². The zero-order valence-electron chi connectivity index (χ0n) is 31.6. The van der Waals surface area contributed by atoms with E-state index >= 15 is 0 Å². The van der Waals surface area contributed by atoms with E-state index in [4.69, 9.17) is 4.74 Å². The molecule has 0 amide bonds. The van der Waals surface area contributed by atoms with E-state index in [1.165, 1.54) is 108 Å². The molecule has 3 aliphatic heterocycles. The highest BCUT2D eigenvalue weighted by molar-refractivity contribution is 6.10. The number of anilines is 2. The molecule has 11 rings (SSSR count). The van der Waals surface area contributed by atoms with Crippen LogP contribution in [0.25, 0.3) is 28.0 Å². The van der Waals surface area contributed by atoms with Crippen molar-refractivity contribution >= 4 is 34.0 Å². The van der Waals surface area contributed by atoms with E-state index < -0.39 is 5.60 Å². The molecule has 6 aliphatic rings. The van der Waals surface area contributed by atoms with Gasteiger partial charge in [0.15, 0.2) is 11.4 Å². The van der Waals surface area contributed by atoms with Crippen molar-refractivity contribution < 1.29 is 9.53 Å². The fraction of sp³-hybridized carbons (Fsp3) is 0.380. The molecule has 2 saturated carbocycles. The van der Waals surface area contributed by atoms with Gasteiger partial charge < -0.3 is 14.5 Å². The van der Waals surface area contributed by atoms with E-state index in [1.54, 1.807) is 6.92 Å². The van der Waals surface area contributed by atoms with Crippen LogP contribution >= 0.6 is 0 Å². The molecule has 4 nitrogen and oxygen atoms in total. The lowest BCUT2D eigenvalue weighted by atomic mass is 9.65. The number of benzene rings is 5. The van der Waals surface area contributed by atoms with Gasteiger partial charge in [0.25, 0.3) is 0 Å². The molecule has 0 N–H and O–H groups in total. The molecular weight excluding hydrogens is 661 g/mol. The van der Waals surface area contributed by atoms with Gasteiger partial charge in [0.1, 0.15) is 5.75 Å². The Hall–Kier alpha value is -4.83. The third-order valence-corrected chi connectivity index (χ3v) is 14.4. The van der Waals surface area contributed by atoms with Gasteiger partial charge in [-0.15, -0.1) is 0 Å². The number of piperidine rings is 2. The molecule has 3 aliphatic carbocycles. The molecule has 2 bridgehead atoms. The van der Waals surface area contributed by atoms with E-state index in [0.29, 0.717) is 5.92 Å². The van der Waals surface area contributed by atoms with Gasteiger partial charge in [-0.05, 0) is 141 Å². The molecule has 54 heavy (non-hydrogen) atoms. The molecule has 3 heterocycles. The van der Waals surface area contributed by atoms with Gasteiger partial charge in [0, 0.05) is 70.6 Å². The van der Waals surface area contributed by atoms with Crippen LogP contribution in [0.1, 0.15) is 109 Å². The van der Waals surface area contributed by atoms with Gasteiger partial charge in [-0.3, -0.25) is 4.79 Å². The summed E-state index contributed by atoms with van der Waals surface area (Å²) < 4.78 is 7.83. The second-order valence-corrected chi connectivity index (χ2v) is 17.3. The first-order valence-electron chi connectivity index (χ1n) is 20.9. The standard InChI is InChI=1S/C50H50N2O2/c1-33(53)35-14-21-42-45(30-35)49(32-34-13-15-38(49)29-34)47-43-23-24-50(36-11-5-2-6-12-36,37-16-18-39(19-17-37)51-25-7-3-8-26-51)54-48(43)44-31-40(20-22-41(44)46(42)47)52-27-9-4-10-28-52/h2,5-6,11-12,14,16-24,30-31,34,38H,3-4,7-10,13,15,25-29,32H2,1H3. The van der Waals surface area contributed by atoms with Crippen LogP contribution in [0.4, 0.5) is 11.4 Å². The topological polar surface area (TPSA) is 32.8 Å². The number of nitrogens with zero attached hydrogens (tertiary/aromatic N) is 2. The number of hydrogen-bond acceptors (Lipinski definition) is 4. The highest BCUT2D eigenvalue weighted by Gasteiger charge is 2.59. The molecule has 5 aromatic carbocycles. The molecule has 0 radical (unpaired) electrons. The van der Waals surface area contributed by atoms with E-state index in [2.05, 4.69) is 113 Å². The van der Waals surface area contributed by atoms with Gasteiger partial charge in [0.05, 0.1) is 0 Å². The Balaban J connectivity index is 1.17. The number of rotatable bonds is 5. The maximum absolute atomic E-state index is 12.9. The summed E-state index contributed by atoms with van der Waals surface area (Å²) in [7, 11) is 0. The molecule has 272 valence electrons. The second kappa shape index (κ2) is 12.3. The summed E-state index contributed by atoms with van der Waals surface area (Å²) in [6.45, 7) is 6.17. The van der Waals surface area contributed by atoms with Crippen molar-refractivity contribution in [2.45, 2.75) is 82.1 Å². The van der Waals surface area contributed by atoms with Crippen molar-refractivity contribution in [1.29, 1.82) is 0 Å². The zero-order valence-corrected chi connectivity index (χ0v) is 31.6. The molecule has 4 fully saturated rings. The van der Waals surface area contributed by atoms with Crippen molar-refractivity contribution in [2.24, 2.45) is 11.8 Å². The fourth-order valence-electron chi connectivity index (χ4n) is 11.9. The Morgan fingerprint density at radius 3 is 2.11 bits per heavy atom. The highest BCUT2D eigenvalue weighted by Crippen LogP contribution is 2.69. The smallest absolute Gasteiger partial charge is 0.178 e. The summed E-state index contributed by atoms with van der Waals surface area (Å²) in [5.74, 6) is 2.44. The van der Waals surface area contributed by atoms with E-state index in [9.17, 15) is 4.79 Å². The van der Waals surface area contributed by atoms with Gasteiger partial charge >= 0.3 is 0 Å². The number of carbonyl (C=O) groups excluding carboxylic acids is 1. The molecule has 2 saturated heterocycles. The second-order valence-electron chi connectivity index (χ2n) is 17.3. The minimum absolute atomic E-state index is 0.112. The van der Waals surface area contributed by atoms with Gasteiger partial charge in [-0.1, -0.05) is 73.2 Å². The number of carbonyl (C=O) groups is 1. The van der Waals surface area contributed by atoms with E-state index in [-0.39, 0.29) is 11.2 Å². The van der Waals surface area contributed by atoms with Crippen LogP contribution in [0.3, 0.4) is 0 Å². The third-order valence-electron chi connectivity index (χ3n) is 14.4. The number of Topliss-reactive ketones (excluding diaryl/α,β-unsaturated/α-hetero) is 1. The molecule has 4 heteroatoms. The van der Waals surface area contributed by atoms with Crippen LogP contribution < -0.4 is 14.5 Å². The monoisotopic (exact) mass is 710 g/mol.